The number of carbonyl (C=O) groups is 4. The summed E-state index contributed by atoms with van der Waals surface area (Å²) in [5.74, 6) is -5.59. The molecule has 0 radical (unpaired) electrons. The molecule has 0 amide bonds. The van der Waals surface area contributed by atoms with Gasteiger partial charge in [-0.05, 0) is 13.8 Å². The summed E-state index contributed by atoms with van der Waals surface area (Å²) in [6.07, 6.45) is -5.96. The van der Waals surface area contributed by atoms with E-state index >= 15 is 0 Å². The molecule has 1 unspecified atom stereocenters. The summed E-state index contributed by atoms with van der Waals surface area (Å²) < 4.78 is 0. The lowest BCUT2D eigenvalue weighted by molar-refractivity contribution is -0.153. The standard InChI is InChI=1S/C11H16O7/c1-4(12)7(8(15)5(2)13)10(17)11(18)9(16)6(3)14/h7,9-11,16-18H,1-3H3/t7-,9?,10-,11+/m0/s1. The second-order valence-electron chi connectivity index (χ2n) is 4.05. The third-order valence-corrected chi connectivity index (χ3v) is 2.50. The molecule has 0 aliphatic carbocycles. The maximum atomic E-state index is 11.4. The highest BCUT2D eigenvalue weighted by atomic mass is 16.4. The van der Waals surface area contributed by atoms with Crippen molar-refractivity contribution in [2.75, 3.05) is 0 Å². The van der Waals surface area contributed by atoms with Crippen LogP contribution in [0.25, 0.3) is 0 Å². The lowest BCUT2D eigenvalue weighted by Gasteiger charge is -2.25. The number of Topliss-reactive ketones (excluding diaryl/α,β-unsaturated/α-hetero) is 4. The van der Waals surface area contributed by atoms with Crippen LogP contribution in [0.3, 0.4) is 0 Å². The fraction of sp³-hybridized carbons (Fsp3) is 0.636. The Balaban J connectivity index is 5.16. The van der Waals surface area contributed by atoms with Crippen molar-refractivity contribution in [3.63, 3.8) is 0 Å². The predicted molar refractivity (Wildman–Crippen MR) is 58.6 cm³/mol. The molecule has 102 valence electrons. The van der Waals surface area contributed by atoms with Gasteiger partial charge in [-0.3, -0.25) is 19.2 Å². The number of hydrogen-bond acceptors (Lipinski definition) is 7. The van der Waals surface area contributed by atoms with Gasteiger partial charge in [0, 0.05) is 6.92 Å². The molecule has 18 heavy (non-hydrogen) atoms. The lowest BCUT2D eigenvalue weighted by Crippen LogP contribution is -2.50. The van der Waals surface area contributed by atoms with Gasteiger partial charge < -0.3 is 15.3 Å². The van der Waals surface area contributed by atoms with E-state index < -0.39 is 47.4 Å². The Morgan fingerprint density at radius 2 is 1.22 bits per heavy atom. The smallest absolute Gasteiger partial charge is 0.211 e. The third kappa shape index (κ3) is 3.80. The first-order chi connectivity index (χ1) is 8.11. The number of ketones is 4. The summed E-state index contributed by atoms with van der Waals surface area (Å²) in [5.41, 5.74) is 0. The Morgan fingerprint density at radius 1 is 0.778 bits per heavy atom. The van der Waals surface area contributed by atoms with Gasteiger partial charge in [-0.15, -0.1) is 0 Å². The van der Waals surface area contributed by atoms with Gasteiger partial charge in [0.2, 0.25) is 5.78 Å². The highest BCUT2D eigenvalue weighted by Crippen LogP contribution is 2.15. The molecule has 0 saturated heterocycles. The first-order valence-corrected chi connectivity index (χ1v) is 5.21. The van der Waals surface area contributed by atoms with Crippen LogP contribution in [-0.4, -0.2) is 56.8 Å². The first kappa shape index (κ1) is 16.6. The molecule has 0 aliphatic rings. The Bertz CT molecular complexity index is 374. The third-order valence-electron chi connectivity index (χ3n) is 2.50. The average molecular weight is 260 g/mol. The van der Waals surface area contributed by atoms with Gasteiger partial charge in [0.1, 0.15) is 30.0 Å². The van der Waals surface area contributed by atoms with Crippen LogP contribution in [0.4, 0.5) is 0 Å². The summed E-state index contributed by atoms with van der Waals surface area (Å²) in [6.45, 7) is 2.84. The Hall–Kier alpha value is -1.44. The van der Waals surface area contributed by atoms with Gasteiger partial charge in [-0.1, -0.05) is 0 Å². The van der Waals surface area contributed by atoms with Crippen LogP contribution in [-0.2, 0) is 19.2 Å². The van der Waals surface area contributed by atoms with Crippen LogP contribution >= 0.6 is 0 Å². The molecule has 0 aliphatic heterocycles. The summed E-state index contributed by atoms with van der Waals surface area (Å²) in [4.78, 5) is 44.4. The molecule has 0 rings (SSSR count). The van der Waals surface area contributed by atoms with E-state index in [1.54, 1.807) is 0 Å². The molecule has 0 spiro atoms. The number of aliphatic hydroxyl groups excluding tert-OH is 3. The van der Waals surface area contributed by atoms with Crippen molar-refractivity contribution in [2.24, 2.45) is 5.92 Å². The summed E-state index contributed by atoms with van der Waals surface area (Å²) in [5, 5.41) is 28.3. The van der Waals surface area contributed by atoms with Gasteiger partial charge >= 0.3 is 0 Å². The van der Waals surface area contributed by atoms with E-state index in [1.165, 1.54) is 0 Å². The van der Waals surface area contributed by atoms with Crippen LogP contribution in [0.2, 0.25) is 0 Å². The minimum Gasteiger partial charge on any atom is -0.389 e. The van der Waals surface area contributed by atoms with Gasteiger partial charge in [-0.2, -0.15) is 0 Å². The second-order valence-corrected chi connectivity index (χ2v) is 4.05. The molecule has 0 aromatic rings. The van der Waals surface area contributed by atoms with Crippen LogP contribution < -0.4 is 0 Å². The SMILES string of the molecule is CC(=O)C(=O)[C@H](C(C)=O)[C@H](O)[C@H](O)C(O)C(C)=O. The van der Waals surface area contributed by atoms with Gasteiger partial charge in [0.25, 0.3) is 0 Å². The second kappa shape index (κ2) is 6.48. The Labute approximate surface area is 103 Å². The molecule has 0 fully saturated rings. The number of hydrogen-bond donors (Lipinski definition) is 3. The van der Waals surface area contributed by atoms with Crippen molar-refractivity contribution in [1.29, 1.82) is 0 Å². The van der Waals surface area contributed by atoms with Crippen LogP contribution in [0.15, 0.2) is 0 Å². The summed E-state index contributed by atoms with van der Waals surface area (Å²) >= 11 is 0. The predicted octanol–water partition coefficient (Wildman–Crippen LogP) is -1.98. The highest BCUT2D eigenvalue weighted by molar-refractivity contribution is 6.40. The van der Waals surface area contributed by atoms with E-state index in [1.807, 2.05) is 0 Å². The monoisotopic (exact) mass is 260 g/mol. The van der Waals surface area contributed by atoms with Crippen LogP contribution in [0, 0.1) is 5.92 Å². The van der Waals surface area contributed by atoms with Crippen molar-refractivity contribution < 1.29 is 34.5 Å². The molecular formula is C11H16O7. The zero-order valence-corrected chi connectivity index (χ0v) is 10.3. The van der Waals surface area contributed by atoms with Gasteiger partial charge in [-0.25, -0.2) is 0 Å². The maximum absolute atomic E-state index is 11.4. The molecule has 0 aromatic heterocycles. The maximum Gasteiger partial charge on any atom is 0.211 e. The van der Waals surface area contributed by atoms with E-state index in [0.29, 0.717) is 0 Å². The molecule has 0 aromatic carbocycles. The van der Waals surface area contributed by atoms with E-state index in [2.05, 4.69) is 0 Å². The zero-order valence-electron chi connectivity index (χ0n) is 10.3. The zero-order chi connectivity index (χ0) is 14.6. The van der Waals surface area contributed by atoms with E-state index in [4.69, 9.17) is 0 Å². The normalized spacial score (nSPS) is 17.4. The molecule has 0 heterocycles. The number of aliphatic hydroxyl groups is 3. The molecular weight excluding hydrogens is 244 g/mol. The molecule has 0 bridgehead atoms. The average Bonchev–Trinajstić information content (AvgIpc) is 2.25. The minimum absolute atomic E-state index is 0.834. The van der Waals surface area contributed by atoms with Gasteiger partial charge in [0.05, 0.1) is 0 Å². The number of rotatable bonds is 7. The first-order valence-electron chi connectivity index (χ1n) is 5.21. The molecule has 7 nitrogen and oxygen atoms in total. The molecule has 4 atom stereocenters. The fourth-order valence-electron chi connectivity index (χ4n) is 1.42. The Kier molecular flexibility index (Phi) is 5.96. The largest absolute Gasteiger partial charge is 0.389 e. The number of carbonyl (C=O) groups excluding carboxylic acids is 4. The summed E-state index contributed by atoms with van der Waals surface area (Å²) in [7, 11) is 0. The van der Waals surface area contributed by atoms with Crippen molar-refractivity contribution in [2.45, 2.75) is 39.1 Å². The lowest BCUT2D eigenvalue weighted by atomic mass is 9.86. The highest BCUT2D eigenvalue weighted by Gasteiger charge is 2.40. The van der Waals surface area contributed by atoms with E-state index in [-0.39, 0.29) is 0 Å². The topological polar surface area (TPSA) is 129 Å². The van der Waals surface area contributed by atoms with E-state index in [0.717, 1.165) is 20.8 Å². The van der Waals surface area contributed by atoms with Crippen molar-refractivity contribution >= 4 is 23.1 Å². The molecule has 0 saturated carbocycles. The molecule has 7 heteroatoms. The van der Waals surface area contributed by atoms with Crippen molar-refractivity contribution in [1.82, 2.24) is 0 Å². The quantitative estimate of drug-likeness (QED) is 0.357. The summed E-state index contributed by atoms with van der Waals surface area (Å²) in [6, 6.07) is 0. The van der Waals surface area contributed by atoms with Crippen molar-refractivity contribution in [3.05, 3.63) is 0 Å². The minimum atomic E-state index is -2.02. The fourth-order valence-corrected chi connectivity index (χ4v) is 1.42. The van der Waals surface area contributed by atoms with Crippen LogP contribution in [0.5, 0.6) is 0 Å². The Morgan fingerprint density at radius 3 is 1.50 bits per heavy atom. The van der Waals surface area contributed by atoms with Crippen LogP contribution in [0.1, 0.15) is 20.8 Å². The van der Waals surface area contributed by atoms with Crippen molar-refractivity contribution in [3.8, 4) is 0 Å². The van der Waals surface area contributed by atoms with Gasteiger partial charge in [0.15, 0.2) is 11.6 Å². The molecule has 3 N–H and O–H groups in total. The van der Waals surface area contributed by atoms with E-state index in [9.17, 15) is 34.5 Å².